The zero-order valence-electron chi connectivity index (χ0n) is 7.14. The van der Waals surface area contributed by atoms with Crippen molar-refractivity contribution in [3.63, 3.8) is 0 Å². The number of halogens is 3. The van der Waals surface area contributed by atoms with Crippen molar-refractivity contribution < 1.29 is 23.1 Å². The molecule has 2 atom stereocenters. The maximum Gasteiger partial charge on any atom is 0.403 e. The molecule has 0 aromatic heterocycles. The van der Waals surface area contributed by atoms with Crippen LogP contribution in [0.2, 0.25) is 0 Å². The largest absolute Gasteiger partial charge is 0.481 e. The summed E-state index contributed by atoms with van der Waals surface area (Å²) in [6.07, 6.45) is -5.08. The summed E-state index contributed by atoms with van der Waals surface area (Å²) in [7, 11) is 0. The molecule has 0 heterocycles. The normalized spacial score (nSPS) is 16.7. The number of hydrogen-bond acceptors (Lipinski definition) is 2. The van der Waals surface area contributed by atoms with E-state index in [0.717, 1.165) is 0 Å². The van der Waals surface area contributed by atoms with E-state index in [2.05, 4.69) is 0 Å². The smallest absolute Gasteiger partial charge is 0.403 e. The molecule has 0 saturated carbocycles. The third-order valence-corrected chi connectivity index (χ3v) is 1.60. The average molecular weight is 199 g/mol. The zero-order chi connectivity index (χ0) is 10.6. The second-order valence-electron chi connectivity index (χ2n) is 3.09. The highest BCUT2D eigenvalue weighted by molar-refractivity contribution is 5.66. The van der Waals surface area contributed by atoms with Crippen LogP contribution in [-0.4, -0.2) is 23.3 Å². The fourth-order valence-corrected chi connectivity index (χ4v) is 0.949. The summed E-state index contributed by atoms with van der Waals surface area (Å²) in [4.78, 5) is 10.1. The van der Waals surface area contributed by atoms with Gasteiger partial charge in [-0.1, -0.05) is 6.92 Å². The monoisotopic (exact) mass is 199 g/mol. The number of nitrogens with two attached hydrogens (primary N) is 1. The van der Waals surface area contributed by atoms with E-state index in [1.165, 1.54) is 6.92 Å². The molecule has 0 unspecified atom stereocenters. The maximum absolute atomic E-state index is 11.9. The van der Waals surface area contributed by atoms with Crippen molar-refractivity contribution >= 4 is 5.97 Å². The Labute approximate surface area is 73.7 Å². The molecular formula is C7H12F3NO2. The van der Waals surface area contributed by atoms with Crippen molar-refractivity contribution in [2.45, 2.75) is 32.0 Å². The Morgan fingerprint density at radius 2 is 2.00 bits per heavy atom. The van der Waals surface area contributed by atoms with Crippen molar-refractivity contribution in [3.05, 3.63) is 0 Å². The molecule has 0 aromatic carbocycles. The molecule has 0 spiro atoms. The number of carboxylic acids is 1. The van der Waals surface area contributed by atoms with Crippen LogP contribution in [0.15, 0.2) is 0 Å². The average Bonchev–Trinajstić information content (AvgIpc) is 1.82. The van der Waals surface area contributed by atoms with E-state index in [9.17, 15) is 18.0 Å². The molecule has 0 aliphatic carbocycles. The molecule has 0 aliphatic heterocycles. The van der Waals surface area contributed by atoms with E-state index in [4.69, 9.17) is 10.8 Å². The zero-order valence-corrected chi connectivity index (χ0v) is 7.14. The van der Waals surface area contributed by atoms with Crippen LogP contribution < -0.4 is 5.73 Å². The Bertz CT molecular complexity index is 181. The third kappa shape index (κ3) is 5.46. The Balaban J connectivity index is 3.92. The van der Waals surface area contributed by atoms with Crippen LogP contribution in [0.25, 0.3) is 0 Å². The van der Waals surface area contributed by atoms with Crippen LogP contribution in [0.1, 0.15) is 19.8 Å². The number of carbonyl (C=O) groups is 1. The first-order chi connectivity index (χ1) is 5.73. The summed E-state index contributed by atoms with van der Waals surface area (Å²) in [6.45, 7) is 1.43. The van der Waals surface area contributed by atoms with Crippen molar-refractivity contribution in [1.82, 2.24) is 0 Å². The molecule has 0 aromatic rings. The first kappa shape index (κ1) is 12.2. The number of rotatable bonds is 4. The Morgan fingerprint density at radius 1 is 1.54 bits per heavy atom. The molecule has 13 heavy (non-hydrogen) atoms. The highest BCUT2D eigenvalue weighted by Gasteiger charge is 2.37. The fourth-order valence-electron chi connectivity index (χ4n) is 0.949. The van der Waals surface area contributed by atoms with Crippen molar-refractivity contribution in [2.75, 3.05) is 0 Å². The van der Waals surface area contributed by atoms with E-state index in [1.807, 2.05) is 0 Å². The summed E-state index contributed by atoms with van der Waals surface area (Å²) >= 11 is 0. The standard InChI is InChI=1S/C7H12F3NO2/c1-4(3-6(12)13)2-5(11)7(8,9)10/h4-5H,2-3,11H2,1H3,(H,12,13)/t4-,5+/m0/s1. The van der Waals surface area contributed by atoms with E-state index in [0.29, 0.717) is 0 Å². The molecule has 0 amide bonds. The summed E-state index contributed by atoms with van der Waals surface area (Å²) in [5.41, 5.74) is 4.81. The molecule has 0 rings (SSSR count). The van der Waals surface area contributed by atoms with Crippen molar-refractivity contribution in [3.8, 4) is 0 Å². The van der Waals surface area contributed by atoms with Crippen LogP contribution in [0.4, 0.5) is 13.2 Å². The fraction of sp³-hybridized carbons (Fsp3) is 0.857. The molecule has 0 radical (unpaired) electrons. The van der Waals surface area contributed by atoms with Crippen LogP contribution in [-0.2, 0) is 4.79 Å². The Morgan fingerprint density at radius 3 is 2.31 bits per heavy atom. The molecule has 0 bridgehead atoms. The minimum Gasteiger partial charge on any atom is -0.481 e. The summed E-state index contributed by atoms with van der Waals surface area (Å²) in [5.74, 6) is -1.67. The molecule has 0 saturated heterocycles. The van der Waals surface area contributed by atoms with Crippen molar-refractivity contribution in [1.29, 1.82) is 0 Å². The minimum atomic E-state index is -4.44. The molecule has 6 heteroatoms. The van der Waals surface area contributed by atoms with Gasteiger partial charge in [-0.2, -0.15) is 13.2 Å². The quantitative estimate of drug-likeness (QED) is 0.718. The van der Waals surface area contributed by atoms with Gasteiger partial charge in [0.1, 0.15) is 6.04 Å². The third-order valence-electron chi connectivity index (χ3n) is 1.60. The van der Waals surface area contributed by atoms with E-state index >= 15 is 0 Å². The predicted molar refractivity (Wildman–Crippen MR) is 40.1 cm³/mol. The number of hydrogen-bond donors (Lipinski definition) is 2. The number of carboxylic acid groups (broad SMARTS) is 1. The topological polar surface area (TPSA) is 63.3 Å². The van der Waals surface area contributed by atoms with Gasteiger partial charge in [0.2, 0.25) is 0 Å². The van der Waals surface area contributed by atoms with Crippen molar-refractivity contribution in [2.24, 2.45) is 11.7 Å². The van der Waals surface area contributed by atoms with Gasteiger partial charge in [-0.3, -0.25) is 4.79 Å². The van der Waals surface area contributed by atoms with E-state index in [1.54, 1.807) is 0 Å². The Hall–Kier alpha value is -0.780. The molecule has 0 fully saturated rings. The summed E-state index contributed by atoms with van der Waals surface area (Å²) in [6, 6.07) is -1.93. The van der Waals surface area contributed by atoms with Gasteiger partial charge in [0, 0.05) is 6.42 Å². The lowest BCUT2D eigenvalue weighted by Crippen LogP contribution is -2.38. The van der Waals surface area contributed by atoms with Gasteiger partial charge < -0.3 is 10.8 Å². The van der Waals surface area contributed by atoms with Gasteiger partial charge in [-0.25, -0.2) is 0 Å². The molecule has 3 N–H and O–H groups in total. The Kier molecular flexibility index (Phi) is 4.19. The molecular weight excluding hydrogens is 187 g/mol. The van der Waals surface area contributed by atoms with E-state index in [-0.39, 0.29) is 12.8 Å². The van der Waals surface area contributed by atoms with Gasteiger partial charge >= 0.3 is 12.1 Å². The lowest BCUT2D eigenvalue weighted by Gasteiger charge is -2.18. The first-order valence-electron chi connectivity index (χ1n) is 3.77. The molecule has 78 valence electrons. The lowest BCUT2D eigenvalue weighted by atomic mass is 9.99. The number of alkyl halides is 3. The highest BCUT2D eigenvalue weighted by Crippen LogP contribution is 2.24. The van der Waals surface area contributed by atoms with Gasteiger partial charge in [-0.05, 0) is 12.3 Å². The van der Waals surface area contributed by atoms with Gasteiger partial charge in [-0.15, -0.1) is 0 Å². The lowest BCUT2D eigenvalue weighted by molar-refractivity contribution is -0.153. The van der Waals surface area contributed by atoms with Gasteiger partial charge in [0.05, 0.1) is 0 Å². The summed E-state index contributed by atoms with van der Waals surface area (Å²) < 4.78 is 35.6. The van der Waals surface area contributed by atoms with Gasteiger partial charge in [0.15, 0.2) is 0 Å². The highest BCUT2D eigenvalue weighted by atomic mass is 19.4. The minimum absolute atomic E-state index is 0.288. The second kappa shape index (κ2) is 4.45. The van der Waals surface area contributed by atoms with Crippen LogP contribution in [0, 0.1) is 5.92 Å². The SMILES string of the molecule is C[C@H](CC(=O)O)C[C@@H](N)C(F)(F)F. The first-order valence-corrected chi connectivity index (χ1v) is 3.77. The van der Waals surface area contributed by atoms with Crippen LogP contribution >= 0.6 is 0 Å². The molecule has 0 aliphatic rings. The van der Waals surface area contributed by atoms with E-state index < -0.39 is 24.1 Å². The van der Waals surface area contributed by atoms with Crippen LogP contribution in [0.5, 0.6) is 0 Å². The number of aliphatic carboxylic acids is 1. The van der Waals surface area contributed by atoms with Crippen LogP contribution in [0.3, 0.4) is 0 Å². The predicted octanol–water partition coefficient (Wildman–Crippen LogP) is 1.38. The summed E-state index contributed by atoms with van der Waals surface area (Å²) in [5, 5.41) is 8.28. The van der Waals surface area contributed by atoms with Gasteiger partial charge in [0.25, 0.3) is 0 Å². The molecule has 3 nitrogen and oxygen atoms in total. The second-order valence-corrected chi connectivity index (χ2v) is 3.09. The maximum atomic E-state index is 11.9.